The molecule has 1 heterocycles. The number of ether oxygens (including phenoxy) is 1. The number of allylic oxidation sites excluding steroid dienone is 1. The van der Waals surface area contributed by atoms with Gasteiger partial charge < -0.3 is 20.1 Å². The van der Waals surface area contributed by atoms with Gasteiger partial charge in [0.15, 0.2) is 5.78 Å². The number of piperazine rings is 1. The number of carbonyl (C=O) groups is 1. The molecule has 0 radical (unpaired) electrons. The van der Waals surface area contributed by atoms with E-state index in [1.54, 1.807) is 12.1 Å². The smallest absolute Gasteiger partial charge is 0.282 e. The summed E-state index contributed by atoms with van der Waals surface area (Å²) in [6, 6.07) is 8.33. The molecule has 1 aliphatic rings. The van der Waals surface area contributed by atoms with Crippen LogP contribution in [0.5, 0.6) is 5.75 Å². The van der Waals surface area contributed by atoms with Crippen LogP contribution in [0, 0.1) is 15.9 Å². The topological polar surface area (TPSA) is 105 Å². The van der Waals surface area contributed by atoms with Gasteiger partial charge in [0.1, 0.15) is 17.1 Å². The maximum absolute atomic E-state index is 13.3. The van der Waals surface area contributed by atoms with E-state index in [1.165, 1.54) is 37.6 Å². The number of hydrogen-bond acceptors (Lipinski definition) is 7. The van der Waals surface area contributed by atoms with Crippen LogP contribution in [-0.2, 0) is 6.42 Å². The molecule has 1 fully saturated rings. The van der Waals surface area contributed by atoms with Crippen molar-refractivity contribution < 1.29 is 24.0 Å². The number of nitro groups is 1. The highest BCUT2D eigenvalue weighted by Gasteiger charge is 2.37. The SMILES string of the molecule is COc1cc(C(=O)/C=C/N2CCNC[C@]2(CO)Cc2ccc(F)cc2)c([N+](=O)[O-])cc1Cl. The van der Waals surface area contributed by atoms with Gasteiger partial charge in [-0.1, -0.05) is 23.7 Å². The Morgan fingerprint density at radius 1 is 1.41 bits per heavy atom. The Kier molecular flexibility index (Phi) is 7.44. The molecule has 0 amide bonds. The van der Waals surface area contributed by atoms with Crippen LogP contribution >= 0.6 is 11.6 Å². The number of ketones is 1. The van der Waals surface area contributed by atoms with Gasteiger partial charge in [0.05, 0.1) is 29.2 Å². The summed E-state index contributed by atoms with van der Waals surface area (Å²) in [6.07, 6.45) is 3.17. The fraction of sp³-hybridized carbons (Fsp3) is 0.318. The summed E-state index contributed by atoms with van der Waals surface area (Å²) in [6.45, 7) is 1.34. The lowest BCUT2D eigenvalue weighted by atomic mass is 9.88. The highest BCUT2D eigenvalue weighted by Crippen LogP contribution is 2.33. The van der Waals surface area contributed by atoms with E-state index in [0.717, 1.165) is 11.6 Å². The molecular weight excluding hydrogens is 441 g/mol. The van der Waals surface area contributed by atoms with Crippen LogP contribution in [0.25, 0.3) is 0 Å². The number of nitro benzene ring substituents is 1. The van der Waals surface area contributed by atoms with Gasteiger partial charge in [-0.3, -0.25) is 14.9 Å². The summed E-state index contributed by atoms with van der Waals surface area (Å²) in [7, 11) is 1.35. The van der Waals surface area contributed by atoms with Crippen LogP contribution in [0.4, 0.5) is 10.1 Å². The van der Waals surface area contributed by atoms with Crippen molar-refractivity contribution in [1.29, 1.82) is 0 Å². The summed E-state index contributed by atoms with van der Waals surface area (Å²) in [5, 5.41) is 24.9. The third-order valence-electron chi connectivity index (χ3n) is 5.47. The van der Waals surface area contributed by atoms with E-state index in [0.29, 0.717) is 26.1 Å². The Bertz CT molecular complexity index is 1030. The molecular formula is C22H23ClFN3O5. The maximum Gasteiger partial charge on any atom is 0.282 e. The number of carbonyl (C=O) groups excluding carboxylic acids is 1. The Morgan fingerprint density at radius 2 is 2.12 bits per heavy atom. The van der Waals surface area contributed by atoms with Crippen LogP contribution < -0.4 is 10.1 Å². The van der Waals surface area contributed by atoms with Gasteiger partial charge >= 0.3 is 0 Å². The normalized spacial score (nSPS) is 18.7. The van der Waals surface area contributed by atoms with Crippen LogP contribution in [0.3, 0.4) is 0 Å². The minimum Gasteiger partial charge on any atom is -0.495 e. The number of nitrogens with zero attached hydrogens (tertiary/aromatic N) is 2. The van der Waals surface area contributed by atoms with E-state index >= 15 is 0 Å². The second kappa shape index (κ2) is 10.1. The number of rotatable bonds is 8. The van der Waals surface area contributed by atoms with E-state index in [9.17, 15) is 24.4 Å². The Balaban J connectivity index is 1.89. The molecule has 10 heteroatoms. The second-order valence-corrected chi connectivity index (χ2v) is 7.90. The third-order valence-corrected chi connectivity index (χ3v) is 5.77. The van der Waals surface area contributed by atoms with Gasteiger partial charge in [-0.05, 0) is 30.2 Å². The Hall–Kier alpha value is -3.01. The second-order valence-electron chi connectivity index (χ2n) is 7.50. The monoisotopic (exact) mass is 463 g/mol. The zero-order chi connectivity index (χ0) is 23.3. The first-order chi connectivity index (χ1) is 15.3. The van der Waals surface area contributed by atoms with Gasteiger partial charge in [-0.25, -0.2) is 4.39 Å². The molecule has 1 atom stereocenters. The average Bonchev–Trinajstić information content (AvgIpc) is 2.79. The quantitative estimate of drug-likeness (QED) is 0.268. The van der Waals surface area contributed by atoms with Crippen molar-refractivity contribution in [3.8, 4) is 5.75 Å². The molecule has 2 aromatic rings. The molecule has 3 rings (SSSR count). The maximum atomic E-state index is 13.3. The van der Waals surface area contributed by atoms with Crippen molar-refractivity contribution in [1.82, 2.24) is 10.2 Å². The molecule has 0 aliphatic carbocycles. The molecule has 0 unspecified atom stereocenters. The molecule has 170 valence electrons. The number of methoxy groups -OCH3 is 1. The molecule has 32 heavy (non-hydrogen) atoms. The number of aliphatic hydroxyl groups is 1. The first-order valence-corrected chi connectivity index (χ1v) is 10.2. The summed E-state index contributed by atoms with van der Waals surface area (Å²) >= 11 is 5.97. The summed E-state index contributed by atoms with van der Waals surface area (Å²) in [5.74, 6) is -0.799. The molecule has 0 bridgehead atoms. The van der Waals surface area contributed by atoms with Crippen LogP contribution in [0.1, 0.15) is 15.9 Å². The van der Waals surface area contributed by atoms with E-state index < -0.39 is 21.9 Å². The molecule has 2 N–H and O–H groups in total. The van der Waals surface area contributed by atoms with Gasteiger partial charge in [-0.15, -0.1) is 0 Å². The van der Waals surface area contributed by atoms with Crippen molar-refractivity contribution in [2.75, 3.05) is 33.4 Å². The Labute approximate surface area is 189 Å². The summed E-state index contributed by atoms with van der Waals surface area (Å²) in [5.41, 5.74) is -0.524. The fourth-order valence-corrected chi connectivity index (χ4v) is 3.97. The Morgan fingerprint density at radius 3 is 2.75 bits per heavy atom. The lowest BCUT2D eigenvalue weighted by Gasteiger charge is -2.46. The number of halogens is 2. The first kappa shape index (κ1) is 23.6. The molecule has 8 nitrogen and oxygen atoms in total. The van der Waals surface area contributed by atoms with Crippen molar-refractivity contribution in [2.45, 2.75) is 12.0 Å². The minimum atomic E-state index is -0.767. The fourth-order valence-electron chi connectivity index (χ4n) is 3.74. The molecule has 1 aliphatic heterocycles. The van der Waals surface area contributed by atoms with Crippen LogP contribution in [0.2, 0.25) is 5.02 Å². The summed E-state index contributed by atoms with van der Waals surface area (Å²) in [4.78, 5) is 25.4. The summed E-state index contributed by atoms with van der Waals surface area (Å²) < 4.78 is 18.4. The van der Waals surface area contributed by atoms with Crippen molar-refractivity contribution >= 4 is 23.1 Å². The van der Waals surface area contributed by atoms with Crippen molar-refractivity contribution in [2.24, 2.45) is 0 Å². The molecule has 2 aromatic carbocycles. The first-order valence-electron chi connectivity index (χ1n) is 9.87. The number of hydrogen-bond donors (Lipinski definition) is 2. The van der Waals surface area contributed by atoms with Crippen molar-refractivity contribution in [3.63, 3.8) is 0 Å². The van der Waals surface area contributed by atoms with E-state index in [4.69, 9.17) is 16.3 Å². The minimum absolute atomic E-state index is 0.0282. The largest absolute Gasteiger partial charge is 0.495 e. The van der Waals surface area contributed by atoms with Gasteiger partial charge in [0.25, 0.3) is 5.69 Å². The average molecular weight is 464 g/mol. The van der Waals surface area contributed by atoms with Gasteiger partial charge in [-0.2, -0.15) is 0 Å². The number of aliphatic hydroxyl groups excluding tert-OH is 1. The van der Waals surface area contributed by atoms with E-state index in [1.807, 2.05) is 4.90 Å². The highest BCUT2D eigenvalue weighted by atomic mass is 35.5. The highest BCUT2D eigenvalue weighted by molar-refractivity contribution is 6.32. The standard InChI is InChI=1S/C22H23ClFN3O5/c1-32-21-10-17(19(27(30)31)11-18(21)23)20(29)6-8-26-9-7-25-13-22(26,14-28)12-15-2-4-16(24)5-3-15/h2-6,8,10-11,25,28H,7,9,12-14H2,1H3/b8-6+/t22-/m0/s1. The third kappa shape index (κ3) is 5.07. The number of benzene rings is 2. The molecule has 0 saturated carbocycles. The predicted molar refractivity (Wildman–Crippen MR) is 118 cm³/mol. The molecule has 0 aromatic heterocycles. The van der Waals surface area contributed by atoms with Crippen LogP contribution in [0.15, 0.2) is 48.7 Å². The van der Waals surface area contributed by atoms with Gasteiger partial charge in [0, 0.05) is 38.0 Å². The van der Waals surface area contributed by atoms with E-state index in [-0.39, 0.29) is 28.8 Å². The van der Waals surface area contributed by atoms with Crippen molar-refractivity contribution in [3.05, 3.63) is 80.8 Å². The van der Waals surface area contributed by atoms with Crippen LogP contribution in [-0.4, -0.2) is 59.6 Å². The van der Waals surface area contributed by atoms with E-state index in [2.05, 4.69) is 5.32 Å². The zero-order valence-corrected chi connectivity index (χ0v) is 18.1. The zero-order valence-electron chi connectivity index (χ0n) is 17.4. The predicted octanol–water partition coefficient (Wildman–Crippen LogP) is 2.97. The molecule has 0 spiro atoms. The lowest BCUT2D eigenvalue weighted by molar-refractivity contribution is -0.385. The lowest BCUT2D eigenvalue weighted by Crippen LogP contribution is -2.62. The molecule has 1 saturated heterocycles. The number of nitrogens with one attached hydrogen (secondary N) is 1. The van der Waals surface area contributed by atoms with Gasteiger partial charge in [0.2, 0.25) is 0 Å².